The molecule has 3 atom stereocenters. The largest absolute Gasteiger partial charge is 0.289 e. The first-order valence-corrected chi connectivity index (χ1v) is 8.36. The van der Waals surface area contributed by atoms with Crippen LogP contribution in [0.3, 0.4) is 0 Å². The van der Waals surface area contributed by atoms with Gasteiger partial charge in [-0.05, 0) is 30.2 Å². The molecule has 0 unspecified atom stereocenters. The highest BCUT2D eigenvalue weighted by molar-refractivity contribution is 7.18. The molecule has 23 heavy (non-hydrogen) atoms. The number of rotatable bonds is 3. The van der Waals surface area contributed by atoms with E-state index in [4.69, 9.17) is 5.21 Å². The number of nitrogens with one attached hydrogen (secondary N) is 1. The molecule has 0 saturated heterocycles. The van der Waals surface area contributed by atoms with Crippen LogP contribution in [0.5, 0.6) is 0 Å². The molecule has 1 heterocycles. The smallest absolute Gasteiger partial charge is 0.247 e. The van der Waals surface area contributed by atoms with Crippen molar-refractivity contribution in [1.82, 2.24) is 10.5 Å². The maximum Gasteiger partial charge on any atom is 0.247 e. The fourth-order valence-electron chi connectivity index (χ4n) is 3.48. The molecule has 0 spiro atoms. The average molecular weight is 324 g/mol. The van der Waals surface area contributed by atoms with Crippen LogP contribution in [0.2, 0.25) is 0 Å². The molecule has 1 aliphatic rings. The van der Waals surface area contributed by atoms with Crippen molar-refractivity contribution in [2.75, 3.05) is 0 Å². The van der Waals surface area contributed by atoms with E-state index >= 15 is 0 Å². The Bertz CT molecular complexity index is 875. The quantitative estimate of drug-likeness (QED) is 0.571. The van der Waals surface area contributed by atoms with Crippen LogP contribution >= 0.6 is 11.3 Å². The van der Waals surface area contributed by atoms with E-state index in [9.17, 15) is 4.79 Å². The highest BCUT2D eigenvalue weighted by atomic mass is 32.1. The lowest BCUT2D eigenvalue weighted by molar-refractivity contribution is -0.130. The number of benzene rings is 2. The molecule has 0 radical (unpaired) electrons. The van der Waals surface area contributed by atoms with Gasteiger partial charge in [-0.3, -0.25) is 10.0 Å². The zero-order chi connectivity index (χ0) is 16.0. The summed E-state index contributed by atoms with van der Waals surface area (Å²) in [6.45, 7) is 2.00. The lowest BCUT2D eigenvalue weighted by atomic mass is 10.0. The van der Waals surface area contributed by atoms with Gasteiger partial charge in [0.05, 0.1) is 21.1 Å². The lowest BCUT2D eigenvalue weighted by Crippen LogP contribution is -2.21. The van der Waals surface area contributed by atoms with E-state index < -0.39 is 0 Å². The third-order valence-corrected chi connectivity index (χ3v) is 5.47. The number of carbonyl (C=O) groups excluding carboxylic acids is 1. The van der Waals surface area contributed by atoms with Gasteiger partial charge in [0.2, 0.25) is 5.91 Å². The minimum absolute atomic E-state index is 0.0796. The molecular weight excluding hydrogens is 308 g/mol. The molecule has 0 aliphatic heterocycles. The summed E-state index contributed by atoms with van der Waals surface area (Å²) in [5.41, 5.74) is 5.02. The summed E-state index contributed by atoms with van der Waals surface area (Å²) in [6.07, 6.45) is 0. The Labute approximate surface area is 137 Å². The van der Waals surface area contributed by atoms with Crippen LogP contribution in [-0.2, 0) is 4.79 Å². The van der Waals surface area contributed by atoms with Gasteiger partial charge in [0.1, 0.15) is 0 Å². The summed E-state index contributed by atoms with van der Waals surface area (Å²) < 4.78 is 1.16. The first-order valence-electron chi connectivity index (χ1n) is 7.55. The minimum atomic E-state index is -0.321. The van der Waals surface area contributed by atoms with Crippen LogP contribution in [0, 0.1) is 12.8 Å². The maximum atomic E-state index is 12.0. The summed E-state index contributed by atoms with van der Waals surface area (Å²) >= 11 is 1.67. The summed E-state index contributed by atoms with van der Waals surface area (Å²) in [7, 11) is 0. The molecule has 0 bridgehead atoms. The van der Waals surface area contributed by atoms with E-state index in [2.05, 4.69) is 23.2 Å². The summed E-state index contributed by atoms with van der Waals surface area (Å²) in [4.78, 5) is 16.6. The van der Waals surface area contributed by atoms with Gasteiger partial charge in [-0.25, -0.2) is 10.5 Å². The Hall–Kier alpha value is -2.24. The second-order valence-electron chi connectivity index (χ2n) is 5.92. The van der Waals surface area contributed by atoms with Crippen molar-refractivity contribution in [1.29, 1.82) is 0 Å². The van der Waals surface area contributed by atoms with Gasteiger partial charge in [0, 0.05) is 11.8 Å². The SMILES string of the molecule is Cc1nc2cc([C@H]3[C@H](C(=O)NO)[C@@H]3c3ccccc3)ccc2s1. The van der Waals surface area contributed by atoms with Gasteiger partial charge in [0.15, 0.2) is 0 Å². The van der Waals surface area contributed by atoms with Crippen LogP contribution in [0.4, 0.5) is 0 Å². The van der Waals surface area contributed by atoms with Crippen molar-refractivity contribution in [3.63, 3.8) is 0 Å². The Balaban J connectivity index is 1.73. The molecule has 116 valence electrons. The number of nitrogens with zero attached hydrogens (tertiary/aromatic N) is 1. The number of aromatic nitrogens is 1. The molecule has 2 aromatic carbocycles. The summed E-state index contributed by atoms with van der Waals surface area (Å²) in [5, 5.41) is 10.1. The molecule has 4 nitrogen and oxygen atoms in total. The number of hydroxylamine groups is 1. The second kappa shape index (κ2) is 5.44. The zero-order valence-corrected chi connectivity index (χ0v) is 13.4. The number of aryl methyl sites for hydroxylation is 1. The first kappa shape index (κ1) is 14.4. The predicted molar refractivity (Wildman–Crippen MR) is 89.7 cm³/mol. The van der Waals surface area contributed by atoms with Gasteiger partial charge < -0.3 is 0 Å². The van der Waals surface area contributed by atoms with Crippen LogP contribution in [0.15, 0.2) is 48.5 Å². The third kappa shape index (κ3) is 2.42. The highest BCUT2D eigenvalue weighted by Gasteiger charge is 2.56. The fourth-order valence-corrected chi connectivity index (χ4v) is 4.29. The summed E-state index contributed by atoms with van der Waals surface area (Å²) in [6, 6.07) is 16.2. The average Bonchev–Trinajstić information content (AvgIpc) is 3.21. The zero-order valence-electron chi connectivity index (χ0n) is 12.6. The standard InChI is InChI=1S/C18H16N2O2S/c1-10-19-13-9-12(7-8-14(13)23-10)16-15(17(16)18(21)20-22)11-5-3-2-4-6-11/h2-9,15-17,22H,1H3,(H,20,21)/t15-,16-,17-/m1/s1. The molecule has 1 amide bonds. The van der Waals surface area contributed by atoms with Crippen LogP contribution in [0.25, 0.3) is 10.2 Å². The van der Waals surface area contributed by atoms with Crippen molar-refractivity contribution < 1.29 is 10.0 Å². The van der Waals surface area contributed by atoms with Crippen molar-refractivity contribution >= 4 is 27.5 Å². The van der Waals surface area contributed by atoms with Gasteiger partial charge in [-0.2, -0.15) is 0 Å². The number of amides is 1. The maximum absolute atomic E-state index is 12.0. The molecule has 4 rings (SSSR count). The van der Waals surface area contributed by atoms with Gasteiger partial charge in [-0.15, -0.1) is 11.3 Å². The van der Waals surface area contributed by atoms with Gasteiger partial charge >= 0.3 is 0 Å². The Morgan fingerprint density at radius 1 is 1.13 bits per heavy atom. The lowest BCUT2D eigenvalue weighted by Gasteiger charge is -2.01. The van der Waals surface area contributed by atoms with E-state index in [1.807, 2.05) is 42.7 Å². The van der Waals surface area contributed by atoms with Crippen molar-refractivity contribution in [3.05, 3.63) is 64.7 Å². The molecule has 3 aromatic rings. The monoisotopic (exact) mass is 324 g/mol. The fraction of sp³-hybridized carbons (Fsp3) is 0.222. The number of thiazole rings is 1. The normalized spacial score (nSPS) is 23.0. The van der Waals surface area contributed by atoms with Crippen LogP contribution in [0.1, 0.15) is 28.0 Å². The Morgan fingerprint density at radius 3 is 2.61 bits per heavy atom. The van der Waals surface area contributed by atoms with E-state index in [1.54, 1.807) is 11.3 Å². The number of fused-ring (bicyclic) bond motifs is 1. The van der Waals surface area contributed by atoms with E-state index in [0.29, 0.717) is 0 Å². The molecule has 1 aromatic heterocycles. The van der Waals surface area contributed by atoms with E-state index in [0.717, 1.165) is 26.4 Å². The highest BCUT2D eigenvalue weighted by Crippen LogP contribution is 2.60. The topological polar surface area (TPSA) is 62.2 Å². The molecule has 5 heteroatoms. The molecule has 1 aliphatic carbocycles. The van der Waals surface area contributed by atoms with Crippen LogP contribution in [-0.4, -0.2) is 16.1 Å². The molecular formula is C18H16N2O2S. The number of hydrogen-bond acceptors (Lipinski definition) is 4. The molecule has 1 saturated carbocycles. The second-order valence-corrected chi connectivity index (χ2v) is 7.16. The number of carbonyl (C=O) groups is 1. The van der Waals surface area contributed by atoms with Gasteiger partial charge in [-0.1, -0.05) is 36.4 Å². The summed E-state index contributed by atoms with van der Waals surface area (Å²) in [5.74, 6) is -0.380. The first-order chi connectivity index (χ1) is 11.2. The van der Waals surface area contributed by atoms with Crippen molar-refractivity contribution in [2.45, 2.75) is 18.8 Å². The Morgan fingerprint density at radius 2 is 1.87 bits per heavy atom. The van der Waals surface area contributed by atoms with Crippen LogP contribution < -0.4 is 5.48 Å². The number of hydrogen-bond donors (Lipinski definition) is 2. The van der Waals surface area contributed by atoms with E-state index in [-0.39, 0.29) is 23.7 Å². The molecule has 2 N–H and O–H groups in total. The molecule has 1 fully saturated rings. The minimum Gasteiger partial charge on any atom is -0.289 e. The van der Waals surface area contributed by atoms with Gasteiger partial charge in [0.25, 0.3) is 0 Å². The third-order valence-electron chi connectivity index (χ3n) is 4.52. The van der Waals surface area contributed by atoms with E-state index in [1.165, 1.54) is 0 Å². The Kier molecular flexibility index (Phi) is 3.39. The van der Waals surface area contributed by atoms with Crippen molar-refractivity contribution in [3.8, 4) is 0 Å². The van der Waals surface area contributed by atoms with Crippen molar-refractivity contribution in [2.24, 2.45) is 5.92 Å². The predicted octanol–water partition coefficient (Wildman–Crippen LogP) is 3.61.